The van der Waals surface area contributed by atoms with Gasteiger partial charge in [0.2, 0.25) is 5.91 Å². The highest BCUT2D eigenvalue weighted by Gasteiger charge is 2.26. The van der Waals surface area contributed by atoms with Gasteiger partial charge in [-0.1, -0.05) is 0 Å². The molecule has 82 valence electrons. The van der Waals surface area contributed by atoms with Gasteiger partial charge in [0.15, 0.2) is 0 Å². The Morgan fingerprint density at radius 3 is 3.13 bits per heavy atom. The van der Waals surface area contributed by atoms with Crippen molar-refractivity contribution in [3.05, 3.63) is 12.2 Å². The summed E-state index contributed by atoms with van der Waals surface area (Å²) in [6.45, 7) is 1.82. The zero-order valence-corrected chi connectivity index (χ0v) is 9.24. The number of hydrogen-bond donors (Lipinski definition) is 1. The summed E-state index contributed by atoms with van der Waals surface area (Å²) in [5.41, 5.74) is 0. The molecule has 1 amide bonds. The summed E-state index contributed by atoms with van der Waals surface area (Å²) in [6.07, 6.45) is 3.71. The van der Waals surface area contributed by atoms with Gasteiger partial charge in [0, 0.05) is 6.04 Å². The van der Waals surface area contributed by atoms with Crippen LogP contribution in [0.3, 0.4) is 0 Å². The van der Waals surface area contributed by atoms with E-state index >= 15 is 0 Å². The predicted molar refractivity (Wildman–Crippen MR) is 55.5 cm³/mol. The van der Waals surface area contributed by atoms with Gasteiger partial charge >= 0.3 is 0 Å². The molecule has 0 saturated heterocycles. The maximum absolute atomic E-state index is 11.7. The van der Waals surface area contributed by atoms with Gasteiger partial charge < -0.3 is 9.88 Å². The van der Waals surface area contributed by atoms with E-state index in [1.807, 2.05) is 6.92 Å². The molecule has 1 unspecified atom stereocenters. The molecule has 1 aromatic rings. The summed E-state index contributed by atoms with van der Waals surface area (Å²) in [4.78, 5) is 11.7. The van der Waals surface area contributed by atoms with Crippen LogP contribution in [0, 0.1) is 0 Å². The van der Waals surface area contributed by atoms with Gasteiger partial charge in [-0.05, 0) is 19.8 Å². The average molecular weight is 229 g/mol. The standard InChI is InChI=1S/C9H13ClN4O/c1-6(9(15)12-7-2-3-7)14-5-11-13-8(14)4-10/h5-7H,2-4H2,1H3,(H,12,15). The lowest BCUT2D eigenvalue weighted by atomic mass is 10.3. The molecule has 15 heavy (non-hydrogen) atoms. The van der Waals surface area contributed by atoms with Gasteiger partial charge in [-0.15, -0.1) is 21.8 Å². The van der Waals surface area contributed by atoms with E-state index in [9.17, 15) is 4.79 Å². The minimum atomic E-state index is -0.297. The molecule has 0 aliphatic heterocycles. The second-order valence-corrected chi connectivity index (χ2v) is 4.01. The normalized spacial score (nSPS) is 17.5. The Labute approximate surface area is 92.8 Å². The van der Waals surface area contributed by atoms with Gasteiger partial charge in [-0.25, -0.2) is 0 Å². The lowest BCUT2D eigenvalue weighted by Crippen LogP contribution is -2.32. The minimum Gasteiger partial charge on any atom is -0.352 e. The van der Waals surface area contributed by atoms with Gasteiger partial charge in [0.1, 0.15) is 18.2 Å². The van der Waals surface area contributed by atoms with Crippen LogP contribution in [0.4, 0.5) is 0 Å². The zero-order chi connectivity index (χ0) is 10.8. The predicted octanol–water partition coefficient (Wildman–Crippen LogP) is 0.856. The molecule has 1 heterocycles. The van der Waals surface area contributed by atoms with Crippen molar-refractivity contribution in [2.75, 3.05) is 0 Å². The van der Waals surface area contributed by atoms with Gasteiger partial charge in [0.25, 0.3) is 0 Å². The zero-order valence-electron chi connectivity index (χ0n) is 8.48. The summed E-state index contributed by atoms with van der Waals surface area (Å²) >= 11 is 5.69. The number of amides is 1. The van der Waals surface area contributed by atoms with Gasteiger partial charge in [-0.2, -0.15) is 0 Å². The lowest BCUT2D eigenvalue weighted by Gasteiger charge is -2.14. The first kappa shape index (κ1) is 10.4. The van der Waals surface area contributed by atoms with Crippen molar-refractivity contribution in [3.8, 4) is 0 Å². The number of halogens is 1. The molecule has 1 N–H and O–H groups in total. The third-order valence-electron chi connectivity index (χ3n) is 2.49. The summed E-state index contributed by atoms with van der Waals surface area (Å²) in [7, 11) is 0. The van der Waals surface area contributed by atoms with Crippen molar-refractivity contribution < 1.29 is 4.79 Å². The van der Waals surface area contributed by atoms with E-state index in [4.69, 9.17) is 11.6 Å². The molecule has 1 aliphatic carbocycles. The first-order valence-electron chi connectivity index (χ1n) is 4.97. The van der Waals surface area contributed by atoms with Crippen LogP contribution in [-0.4, -0.2) is 26.7 Å². The summed E-state index contributed by atoms with van der Waals surface area (Å²) in [6, 6.07) is 0.0743. The van der Waals surface area contributed by atoms with E-state index in [0.29, 0.717) is 11.9 Å². The van der Waals surface area contributed by atoms with Crippen LogP contribution in [0.2, 0.25) is 0 Å². The molecule has 1 atom stereocenters. The van der Waals surface area contributed by atoms with Crippen molar-refractivity contribution in [2.45, 2.75) is 37.7 Å². The Morgan fingerprint density at radius 1 is 1.80 bits per heavy atom. The van der Waals surface area contributed by atoms with Crippen molar-refractivity contribution in [1.82, 2.24) is 20.1 Å². The smallest absolute Gasteiger partial charge is 0.243 e. The number of nitrogens with one attached hydrogen (secondary N) is 1. The highest BCUT2D eigenvalue weighted by atomic mass is 35.5. The molecule has 1 saturated carbocycles. The van der Waals surface area contributed by atoms with E-state index < -0.39 is 0 Å². The number of hydrogen-bond acceptors (Lipinski definition) is 3. The Hall–Kier alpha value is -1.10. The van der Waals surface area contributed by atoms with Crippen LogP contribution in [0.25, 0.3) is 0 Å². The number of aromatic nitrogens is 3. The van der Waals surface area contributed by atoms with Crippen molar-refractivity contribution in [1.29, 1.82) is 0 Å². The largest absolute Gasteiger partial charge is 0.352 e. The van der Waals surface area contributed by atoms with Crippen LogP contribution in [0.1, 0.15) is 31.6 Å². The highest BCUT2D eigenvalue weighted by molar-refractivity contribution is 6.16. The van der Waals surface area contributed by atoms with E-state index in [1.165, 1.54) is 6.33 Å². The third-order valence-corrected chi connectivity index (χ3v) is 2.73. The molecule has 1 aliphatic rings. The highest BCUT2D eigenvalue weighted by Crippen LogP contribution is 2.20. The monoisotopic (exact) mass is 228 g/mol. The van der Waals surface area contributed by atoms with Gasteiger partial charge in [-0.3, -0.25) is 4.79 Å². The van der Waals surface area contributed by atoms with Crippen LogP contribution in [0.5, 0.6) is 0 Å². The fraction of sp³-hybridized carbons (Fsp3) is 0.667. The Balaban J connectivity index is 2.04. The Morgan fingerprint density at radius 2 is 2.53 bits per heavy atom. The topological polar surface area (TPSA) is 59.8 Å². The SMILES string of the molecule is CC(C(=O)NC1CC1)n1cnnc1CCl. The minimum absolute atomic E-state index is 0.00340. The number of carbonyl (C=O) groups is 1. The summed E-state index contributed by atoms with van der Waals surface area (Å²) in [5.74, 6) is 0.889. The molecule has 0 aromatic carbocycles. The van der Waals surface area contributed by atoms with E-state index in [1.54, 1.807) is 4.57 Å². The maximum atomic E-state index is 11.7. The number of rotatable bonds is 4. The molecular weight excluding hydrogens is 216 g/mol. The molecule has 5 nitrogen and oxygen atoms in total. The fourth-order valence-corrected chi connectivity index (χ4v) is 1.55. The molecular formula is C9H13ClN4O. The lowest BCUT2D eigenvalue weighted by molar-refractivity contribution is -0.124. The van der Waals surface area contributed by atoms with E-state index in [0.717, 1.165) is 12.8 Å². The molecule has 1 fully saturated rings. The molecule has 2 rings (SSSR count). The third kappa shape index (κ3) is 2.28. The molecule has 6 heteroatoms. The molecule has 1 aromatic heterocycles. The number of alkyl halides is 1. The quantitative estimate of drug-likeness (QED) is 0.778. The summed E-state index contributed by atoms with van der Waals surface area (Å²) < 4.78 is 1.70. The van der Waals surface area contributed by atoms with Crippen molar-refractivity contribution in [3.63, 3.8) is 0 Å². The Kier molecular flexibility index (Phi) is 2.90. The first-order valence-corrected chi connectivity index (χ1v) is 5.50. The van der Waals surface area contributed by atoms with Crippen LogP contribution in [-0.2, 0) is 10.7 Å². The molecule has 0 radical (unpaired) electrons. The molecule has 0 bridgehead atoms. The second-order valence-electron chi connectivity index (χ2n) is 3.75. The Bertz CT molecular complexity index is 361. The maximum Gasteiger partial charge on any atom is 0.243 e. The molecule has 0 spiro atoms. The van der Waals surface area contributed by atoms with Crippen LogP contribution in [0.15, 0.2) is 6.33 Å². The van der Waals surface area contributed by atoms with E-state index in [-0.39, 0.29) is 17.8 Å². The number of nitrogens with zero attached hydrogens (tertiary/aromatic N) is 3. The van der Waals surface area contributed by atoms with Crippen molar-refractivity contribution >= 4 is 17.5 Å². The second kappa shape index (κ2) is 4.18. The van der Waals surface area contributed by atoms with Crippen molar-refractivity contribution in [2.24, 2.45) is 0 Å². The average Bonchev–Trinajstić information content (AvgIpc) is 2.92. The van der Waals surface area contributed by atoms with E-state index in [2.05, 4.69) is 15.5 Å². The fourth-order valence-electron chi connectivity index (χ4n) is 1.36. The van der Waals surface area contributed by atoms with Crippen LogP contribution < -0.4 is 5.32 Å². The van der Waals surface area contributed by atoms with Crippen LogP contribution >= 0.6 is 11.6 Å². The first-order chi connectivity index (χ1) is 7.22. The summed E-state index contributed by atoms with van der Waals surface area (Å²) in [5, 5.41) is 10.5. The van der Waals surface area contributed by atoms with Gasteiger partial charge in [0.05, 0.1) is 5.88 Å². The number of carbonyl (C=O) groups excluding carboxylic acids is 1.